The van der Waals surface area contributed by atoms with E-state index in [9.17, 15) is 14.0 Å². The Kier molecular flexibility index (Phi) is 9.18. The zero-order chi connectivity index (χ0) is 25.0. The number of amides is 1. The number of esters is 1. The molecule has 0 heterocycles. The van der Waals surface area contributed by atoms with Crippen molar-refractivity contribution < 1.29 is 32.9 Å². The van der Waals surface area contributed by atoms with Crippen LogP contribution in [0.3, 0.4) is 0 Å². The van der Waals surface area contributed by atoms with Crippen LogP contribution in [0.1, 0.15) is 29.3 Å². The summed E-state index contributed by atoms with van der Waals surface area (Å²) >= 11 is 0. The largest absolute Gasteiger partial charge is 0.494 e. The molecule has 0 aromatic heterocycles. The van der Waals surface area contributed by atoms with Crippen molar-refractivity contribution in [3.05, 3.63) is 83.7 Å². The number of benzene rings is 3. The fourth-order valence-corrected chi connectivity index (χ4v) is 2.81. The van der Waals surface area contributed by atoms with Gasteiger partial charge in [-0.3, -0.25) is 4.79 Å². The molecule has 0 unspecified atom stereocenters. The fourth-order valence-electron chi connectivity index (χ4n) is 2.81. The van der Waals surface area contributed by atoms with Crippen LogP contribution >= 0.6 is 0 Å². The quantitative estimate of drug-likeness (QED) is 0.190. The topological polar surface area (TPSA) is 95.5 Å². The first kappa shape index (κ1) is 25.2. The second-order valence-electron chi connectivity index (χ2n) is 7.21. The van der Waals surface area contributed by atoms with Crippen LogP contribution in [0.2, 0.25) is 0 Å². The molecule has 1 N–H and O–H groups in total. The van der Waals surface area contributed by atoms with E-state index in [1.54, 1.807) is 42.5 Å². The maximum Gasteiger partial charge on any atom is 0.343 e. The molecule has 0 aliphatic heterocycles. The van der Waals surface area contributed by atoms with Crippen LogP contribution in [0, 0.1) is 5.82 Å². The van der Waals surface area contributed by atoms with Gasteiger partial charge in [0.2, 0.25) is 0 Å². The normalized spacial score (nSPS) is 10.6. The number of hydrogen-bond acceptors (Lipinski definition) is 7. The first-order valence-electron chi connectivity index (χ1n) is 10.8. The summed E-state index contributed by atoms with van der Waals surface area (Å²) in [4.78, 5) is 24.4. The molecule has 9 heteroatoms. The lowest BCUT2D eigenvalue weighted by molar-refractivity contribution is -0.123. The molecule has 0 aliphatic carbocycles. The third-order valence-electron chi connectivity index (χ3n) is 4.54. The average Bonchev–Trinajstić information content (AvgIpc) is 2.88. The molecular formula is C26H25FN2O6. The summed E-state index contributed by atoms with van der Waals surface area (Å²) < 4.78 is 34.4. The summed E-state index contributed by atoms with van der Waals surface area (Å²) in [5, 5.41) is 3.87. The second kappa shape index (κ2) is 12.7. The van der Waals surface area contributed by atoms with E-state index in [2.05, 4.69) is 10.5 Å². The predicted octanol–water partition coefficient (Wildman–Crippen LogP) is 4.37. The fraction of sp³-hybridized carbons (Fsp3) is 0.192. The maximum absolute atomic E-state index is 12.9. The number of ether oxygens (including phenoxy) is 4. The molecule has 0 fully saturated rings. The highest BCUT2D eigenvalue weighted by Crippen LogP contribution is 2.28. The van der Waals surface area contributed by atoms with Gasteiger partial charge in [0.1, 0.15) is 17.3 Å². The van der Waals surface area contributed by atoms with E-state index >= 15 is 0 Å². The Balaban J connectivity index is 1.54. The molecule has 0 bridgehead atoms. The number of methoxy groups -OCH3 is 1. The Hall–Kier alpha value is -4.40. The molecule has 182 valence electrons. The minimum absolute atomic E-state index is 0.234. The molecule has 0 aliphatic rings. The molecule has 0 saturated carbocycles. The summed E-state index contributed by atoms with van der Waals surface area (Å²) in [6.45, 7) is 2.33. The molecule has 0 radical (unpaired) electrons. The van der Waals surface area contributed by atoms with Gasteiger partial charge < -0.3 is 18.9 Å². The number of rotatable bonds is 11. The van der Waals surface area contributed by atoms with Crippen LogP contribution in [0.5, 0.6) is 23.0 Å². The number of hydrazone groups is 1. The maximum atomic E-state index is 12.9. The SMILES string of the molecule is CCCOc1ccc(C(=O)Oc2ccc(C=NNC(=O)COc3ccc(F)cc3)cc2OC)cc1. The smallest absolute Gasteiger partial charge is 0.343 e. The lowest BCUT2D eigenvalue weighted by atomic mass is 10.2. The van der Waals surface area contributed by atoms with E-state index < -0.39 is 17.7 Å². The highest BCUT2D eigenvalue weighted by Gasteiger charge is 2.13. The van der Waals surface area contributed by atoms with E-state index in [4.69, 9.17) is 18.9 Å². The molecule has 0 spiro atoms. The molecule has 3 aromatic carbocycles. The summed E-state index contributed by atoms with van der Waals surface area (Å²) in [6, 6.07) is 16.8. The van der Waals surface area contributed by atoms with Crippen LogP contribution in [0.15, 0.2) is 71.8 Å². The van der Waals surface area contributed by atoms with Gasteiger partial charge in [-0.05, 0) is 78.7 Å². The van der Waals surface area contributed by atoms with Gasteiger partial charge in [-0.1, -0.05) is 6.92 Å². The van der Waals surface area contributed by atoms with Gasteiger partial charge in [0.25, 0.3) is 5.91 Å². The number of carbonyl (C=O) groups excluding carboxylic acids is 2. The zero-order valence-electron chi connectivity index (χ0n) is 19.3. The first-order valence-corrected chi connectivity index (χ1v) is 10.8. The third kappa shape index (κ3) is 7.85. The Morgan fingerprint density at radius 1 is 0.943 bits per heavy atom. The van der Waals surface area contributed by atoms with Crippen molar-refractivity contribution in [3.63, 3.8) is 0 Å². The number of nitrogens with one attached hydrogen (secondary N) is 1. The number of nitrogens with zero attached hydrogens (tertiary/aromatic N) is 1. The van der Waals surface area contributed by atoms with E-state index in [0.29, 0.717) is 35.0 Å². The molecule has 35 heavy (non-hydrogen) atoms. The third-order valence-corrected chi connectivity index (χ3v) is 4.54. The summed E-state index contributed by atoms with van der Waals surface area (Å²) in [7, 11) is 1.45. The minimum atomic E-state index is -0.542. The highest BCUT2D eigenvalue weighted by atomic mass is 19.1. The minimum Gasteiger partial charge on any atom is -0.494 e. The summed E-state index contributed by atoms with van der Waals surface area (Å²) in [5.74, 6) is 0.164. The Morgan fingerprint density at radius 2 is 1.63 bits per heavy atom. The molecule has 0 atom stereocenters. The van der Waals surface area contributed by atoms with Gasteiger partial charge in [0.05, 0.1) is 25.5 Å². The summed E-state index contributed by atoms with van der Waals surface area (Å²) in [6.07, 6.45) is 2.29. The lowest BCUT2D eigenvalue weighted by Gasteiger charge is -2.10. The van der Waals surface area contributed by atoms with Crippen LogP contribution in [-0.2, 0) is 4.79 Å². The van der Waals surface area contributed by atoms with Gasteiger partial charge in [-0.2, -0.15) is 5.10 Å². The van der Waals surface area contributed by atoms with E-state index in [1.165, 1.54) is 37.6 Å². The Labute approximate surface area is 202 Å². The van der Waals surface area contributed by atoms with Gasteiger partial charge in [0.15, 0.2) is 18.1 Å². The molecule has 3 rings (SSSR count). The van der Waals surface area contributed by atoms with Crippen molar-refractivity contribution in [1.82, 2.24) is 5.43 Å². The van der Waals surface area contributed by atoms with Gasteiger partial charge in [-0.25, -0.2) is 14.6 Å². The van der Waals surface area contributed by atoms with Gasteiger partial charge in [0, 0.05) is 0 Å². The Bertz CT molecular complexity index is 1160. The van der Waals surface area contributed by atoms with E-state index in [-0.39, 0.29) is 12.4 Å². The van der Waals surface area contributed by atoms with Crippen molar-refractivity contribution in [1.29, 1.82) is 0 Å². The standard InChI is InChI=1S/C26H25FN2O6/c1-3-14-33-21-9-5-19(6-10-21)26(31)35-23-13-4-18(15-24(23)32-2)16-28-29-25(30)17-34-22-11-7-20(27)8-12-22/h4-13,15-16H,3,14,17H2,1-2H3,(H,29,30). The zero-order valence-corrected chi connectivity index (χ0v) is 19.3. The monoisotopic (exact) mass is 480 g/mol. The molecule has 3 aromatic rings. The molecular weight excluding hydrogens is 455 g/mol. The van der Waals surface area contributed by atoms with Crippen molar-refractivity contribution >= 4 is 18.1 Å². The van der Waals surface area contributed by atoms with Crippen molar-refractivity contribution in [2.45, 2.75) is 13.3 Å². The van der Waals surface area contributed by atoms with E-state index in [1.807, 2.05) is 6.92 Å². The lowest BCUT2D eigenvalue weighted by Crippen LogP contribution is -2.24. The molecule has 8 nitrogen and oxygen atoms in total. The van der Waals surface area contributed by atoms with Crippen molar-refractivity contribution in [3.8, 4) is 23.0 Å². The van der Waals surface area contributed by atoms with Crippen LogP contribution in [0.4, 0.5) is 4.39 Å². The number of halogens is 1. The van der Waals surface area contributed by atoms with Gasteiger partial charge in [-0.15, -0.1) is 0 Å². The number of carbonyl (C=O) groups is 2. The highest BCUT2D eigenvalue weighted by molar-refractivity contribution is 5.92. The summed E-state index contributed by atoms with van der Waals surface area (Å²) in [5.41, 5.74) is 3.29. The molecule has 0 saturated heterocycles. The number of hydrogen-bond donors (Lipinski definition) is 1. The van der Waals surface area contributed by atoms with Crippen molar-refractivity contribution in [2.75, 3.05) is 20.3 Å². The Morgan fingerprint density at radius 3 is 2.31 bits per heavy atom. The first-order chi connectivity index (χ1) is 17.0. The van der Waals surface area contributed by atoms with Crippen LogP contribution in [0.25, 0.3) is 0 Å². The second-order valence-corrected chi connectivity index (χ2v) is 7.21. The average molecular weight is 480 g/mol. The van der Waals surface area contributed by atoms with Crippen LogP contribution in [-0.4, -0.2) is 38.4 Å². The van der Waals surface area contributed by atoms with Crippen molar-refractivity contribution in [2.24, 2.45) is 5.10 Å². The van der Waals surface area contributed by atoms with Crippen LogP contribution < -0.4 is 24.4 Å². The predicted molar refractivity (Wildman–Crippen MR) is 128 cm³/mol. The van der Waals surface area contributed by atoms with E-state index in [0.717, 1.165) is 6.42 Å². The van der Waals surface area contributed by atoms with Gasteiger partial charge >= 0.3 is 5.97 Å². The molecule has 1 amide bonds.